The number of aromatic carboxylic acids is 1. The number of hydrogen-bond donors (Lipinski definition) is 4. The Hall–Kier alpha value is -3.09. The Morgan fingerprint density at radius 1 is 1.22 bits per heavy atom. The van der Waals surface area contributed by atoms with Crippen LogP contribution in [0.15, 0.2) is 35.3 Å². The smallest absolute Gasteiger partial charge is 0.335 e. The van der Waals surface area contributed by atoms with Gasteiger partial charge in [-0.2, -0.15) is 4.98 Å². The van der Waals surface area contributed by atoms with Gasteiger partial charge in [-0.05, 0) is 36.1 Å². The van der Waals surface area contributed by atoms with Gasteiger partial charge in [-0.3, -0.25) is 9.78 Å². The van der Waals surface area contributed by atoms with Gasteiger partial charge in [0.15, 0.2) is 0 Å². The maximum absolute atomic E-state index is 12.0. The van der Waals surface area contributed by atoms with Gasteiger partial charge in [-0.15, -0.1) is 0 Å². The van der Waals surface area contributed by atoms with E-state index in [9.17, 15) is 9.59 Å². The molecule has 120 valence electrons. The monoisotopic (exact) mass is 314 g/mol. The van der Waals surface area contributed by atoms with Crippen LogP contribution in [0.4, 0.5) is 5.95 Å². The third kappa shape index (κ3) is 3.23. The molecule has 0 fully saturated rings. The number of nitrogens with zero attached hydrogens (tertiary/aromatic N) is 1. The van der Waals surface area contributed by atoms with Crippen molar-refractivity contribution in [1.29, 1.82) is 0 Å². The number of carboxylic acids is 1. The molecule has 0 bridgehead atoms. The fourth-order valence-corrected chi connectivity index (χ4v) is 2.41. The van der Waals surface area contributed by atoms with Crippen molar-refractivity contribution in [3.8, 4) is 0 Å². The molecule has 0 aliphatic carbocycles. The first-order valence-corrected chi connectivity index (χ1v) is 6.72. The molecule has 0 aliphatic rings. The van der Waals surface area contributed by atoms with Gasteiger partial charge in [0.25, 0.3) is 5.56 Å². The minimum absolute atomic E-state index is 0. The molecule has 5 N–H and O–H groups in total. The number of hydrogen-bond acceptors (Lipinski definition) is 4. The third-order valence-corrected chi connectivity index (χ3v) is 3.53. The fraction of sp³-hybridized carbons (Fsp3) is 0.188. The molecule has 0 aliphatic heterocycles. The van der Waals surface area contributed by atoms with Crippen LogP contribution in [0.5, 0.6) is 0 Å². The van der Waals surface area contributed by atoms with Crippen LogP contribution >= 0.6 is 0 Å². The highest BCUT2D eigenvalue weighted by molar-refractivity contribution is 5.87. The Balaban J connectivity index is 0.00000192. The van der Waals surface area contributed by atoms with Crippen LogP contribution in [-0.4, -0.2) is 26.0 Å². The molecular formula is C16H18N4O3. The lowest BCUT2D eigenvalue weighted by Gasteiger charge is -2.02. The van der Waals surface area contributed by atoms with E-state index in [1.54, 1.807) is 30.5 Å². The number of carbonyl (C=O) groups is 1. The number of aromatic nitrogens is 3. The van der Waals surface area contributed by atoms with Crippen LogP contribution in [-0.2, 0) is 12.8 Å². The van der Waals surface area contributed by atoms with Crippen molar-refractivity contribution >= 4 is 23.0 Å². The van der Waals surface area contributed by atoms with Crippen LogP contribution in [0.3, 0.4) is 0 Å². The van der Waals surface area contributed by atoms with Crippen LogP contribution in [0.1, 0.15) is 28.9 Å². The van der Waals surface area contributed by atoms with Crippen LogP contribution < -0.4 is 11.3 Å². The standard InChI is InChI=1S/C15H14N4O3.CH4/c16-15-18-12-11(13(20)19-15)10(7-17-12)6-3-8-1-4-9(5-2-8)14(21)22;/h1-2,4-5,7H,3,6H2,(H,21,22)(H4,16,17,18,19,20);1H4. The molecule has 2 heterocycles. The van der Waals surface area contributed by atoms with E-state index in [-0.39, 0.29) is 24.5 Å². The summed E-state index contributed by atoms with van der Waals surface area (Å²) in [6.45, 7) is 0. The predicted molar refractivity (Wildman–Crippen MR) is 88.7 cm³/mol. The molecular weight excluding hydrogens is 296 g/mol. The van der Waals surface area contributed by atoms with Gasteiger partial charge < -0.3 is 15.8 Å². The molecule has 3 aromatic rings. The molecule has 7 heteroatoms. The van der Waals surface area contributed by atoms with Gasteiger partial charge in [0.05, 0.1) is 10.9 Å². The quantitative estimate of drug-likeness (QED) is 0.586. The summed E-state index contributed by atoms with van der Waals surface area (Å²) < 4.78 is 0. The second-order valence-corrected chi connectivity index (χ2v) is 4.99. The summed E-state index contributed by atoms with van der Waals surface area (Å²) in [6.07, 6.45) is 3.08. The maximum Gasteiger partial charge on any atom is 0.335 e. The second-order valence-electron chi connectivity index (χ2n) is 4.99. The number of benzene rings is 1. The largest absolute Gasteiger partial charge is 0.478 e. The Kier molecular flexibility index (Phi) is 4.49. The summed E-state index contributed by atoms with van der Waals surface area (Å²) in [5, 5.41) is 9.38. The van der Waals surface area contributed by atoms with Crippen molar-refractivity contribution < 1.29 is 9.90 Å². The number of nitrogen functional groups attached to an aromatic ring is 1. The summed E-state index contributed by atoms with van der Waals surface area (Å²) in [7, 11) is 0. The number of H-pyrrole nitrogens is 2. The summed E-state index contributed by atoms with van der Waals surface area (Å²) >= 11 is 0. The van der Waals surface area contributed by atoms with Gasteiger partial charge >= 0.3 is 5.97 Å². The van der Waals surface area contributed by atoms with Crippen molar-refractivity contribution in [2.75, 3.05) is 5.73 Å². The second kappa shape index (κ2) is 6.35. The van der Waals surface area contributed by atoms with Gasteiger partial charge in [-0.1, -0.05) is 19.6 Å². The van der Waals surface area contributed by atoms with Gasteiger partial charge in [-0.25, -0.2) is 4.79 Å². The van der Waals surface area contributed by atoms with Gasteiger partial charge in [0, 0.05) is 6.20 Å². The summed E-state index contributed by atoms with van der Waals surface area (Å²) in [6, 6.07) is 6.70. The Labute approximate surface area is 132 Å². The Morgan fingerprint density at radius 2 is 1.91 bits per heavy atom. The van der Waals surface area contributed by atoms with E-state index < -0.39 is 5.97 Å². The fourth-order valence-electron chi connectivity index (χ4n) is 2.41. The van der Waals surface area contributed by atoms with Gasteiger partial charge in [0.2, 0.25) is 5.95 Å². The number of aromatic amines is 2. The van der Waals surface area contributed by atoms with Crippen molar-refractivity contribution in [1.82, 2.24) is 15.0 Å². The van der Waals surface area contributed by atoms with Crippen LogP contribution in [0.2, 0.25) is 0 Å². The van der Waals surface area contributed by atoms with Crippen molar-refractivity contribution in [2.24, 2.45) is 0 Å². The normalized spacial score (nSPS) is 10.4. The number of rotatable bonds is 4. The zero-order valence-corrected chi connectivity index (χ0v) is 11.6. The molecule has 7 nitrogen and oxygen atoms in total. The van der Waals surface area contributed by atoms with Gasteiger partial charge in [0.1, 0.15) is 5.65 Å². The first-order valence-electron chi connectivity index (χ1n) is 6.72. The van der Waals surface area contributed by atoms with Crippen molar-refractivity contribution in [3.63, 3.8) is 0 Å². The number of nitrogens with two attached hydrogens (primary N) is 1. The average molecular weight is 314 g/mol. The molecule has 0 saturated carbocycles. The molecule has 0 saturated heterocycles. The third-order valence-electron chi connectivity index (χ3n) is 3.53. The van der Waals surface area contributed by atoms with Crippen molar-refractivity contribution in [2.45, 2.75) is 20.3 Å². The molecule has 0 radical (unpaired) electrons. The minimum atomic E-state index is -0.946. The van der Waals surface area contributed by atoms with E-state index in [0.29, 0.717) is 23.9 Å². The first kappa shape index (κ1) is 16.3. The average Bonchev–Trinajstić information content (AvgIpc) is 2.88. The highest BCUT2D eigenvalue weighted by atomic mass is 16.4. The Morgan fingerprint density at radius 3 is 2.57 bits per heavy atom. The lowest BCUT2D eigenvalue weighted by Crippen LogP contribution is -2.11. The number of aryl methyl sites for hydroxylation is 2. The molecule has 0 atom stereocenters. The van der Waals surface area contributed by atoms with E-state index in [1.165, 1.54) is 0 Å². The van der Waals surface area contributed by atoms with E-state index in [2.05, 4.69) is 15.0 Å². The van der Waals surface area contributed by atoms with E-state index in [1.807, 2.05) is 0 Å². The first-order chi connectivity index (χ1) is 10.5. The van der Waals surface area contributed by atoms with E-state index >= 15 is 0 Å². The Bertz CT molecular complexity index is 894. The number of fused-ring (bicyclic) bond motifs is 1. The molecule has 1 aromatic carbocycles. The summed E-state index contributed by atoms with van der Waals surface area (Å²) in [4.78, 5) is 32.2. The summed E-state index contributed by atoms with van der Waals surface area (Å²) in [5.41, 5.74) is 7.82. The maximum atomic E-state index is 12.0. The van der Waals surface area contributed by atoms with E-state index in [0.717, 1.165) is 11.1 Å². The molecule has 0 amide bonds. The zero-order chi connectivity index (χ0) is 15.7. The molecule has 2 aromatic heterocycles. The topological polar surface area (TPSA) is 125 Å². The SMILES string of the molecule is C.Nc1nc2[nH]cc(CCc3ccc(C(=O)O)cc3)c2c(=O)[nH]1. The molecule has 23 heavy (non-hydrogen) atoms. The number of nitrogens with one attached hydrogen (secondary N) is 2. The highest BCUT2D eigenvalue weighted by Gasteiger charge is 2.10. The number of anilines is 1. The minimum Gasteiger partial charge on any atom is -0.478 e. The molecule has 0 unspecified atom stereocenters. The van der Waals surface area contributed by atoms with E-state index in [4.69, 9.17) is 10.8 Å². The lowest BCUT2D eigenvalue weighted by atomic mass is 10.0. The van der Waals surface area contributed by atoms with Crippen LogP contribution in [0.25, 0.3) is 11.0 Å². The lowest BCUT2D eigenvalue weighted by molar-refractivity contribution is 0.0697. The number of carboxylic acid groups (broad SMARTS) is 1. The predicted octanol–water partition coefficient (Wildman–Crippen LogP) is 1.95. The molecule has 3 rings (SSSR count). The zero-order valence-electron chi connectivity index (χ0n) is 11.6. The molecule has 0 spiro atoms. The van der Waals surface area contributed by atoms with Crippen molar-refractivity contribution in [3.05, 3.63) is 57.5 Å². The van der Waals surface area contributed by atoms with Crippen LogP contribution in [0, 0.1) is 0 Å². The highest BCUT2D eigenvalue weighted by Crippen LogP contribution is 2.15. The summed E-state index contributed by atoms with van der Waals surface area (Å²) in [5.74, 6) is -0.867.